The van der Waals surface area contributed by atoms with Crippen molar-refractivity contribution in [2.24, 2.45) is 0 Å². The van der Waals surface area contributed by atoms with Crippen molar-refractivity contribution < 1.29 is 9.90 Å². The predicted octanol–water partition coefficient (Wildman–Crippen LogP) is 3.12. The first kappa shape index (κ1) is 14.6. The number of hydrogen-bond donors (Lipinski definition) is 2. The van der Waals surface area contributed by atoms with E-state index in [1.165, 1.54) is 12.1 Å². The van der Waals surface area contributed by atoms with Gasteiger partial charge in [0.15, 0.2) is 0 Å². The normalized spacial score (nSPS) is 11.3. The van der Waals surface area contributed by atoms with Crippen molar-refractivity contribution in [2.75, 3.05) is 11.8 Å². The molecule has 3 nitrogen and oxygen atoms in total. The highest BCUT2D eigenvalue weighted by Gasteiger charge is 2.26. The lowest BCUT2D eigenvalue weighted by atomic mass is 10.1. The van der Waals surface area contributed by atoms with E-state index in [-0.39, 0.29) is 23.1 Å². The number of rotatable bonds is 4. The molecule has 1 aromatic rings. The van der Waals surface area contributed by atoms with Crippen LogP contribution in [0.3, 0.4) is 0 Å². The van der Waals surface area contributed by atoms with Gasteiger partial charge in [0.1, 0.15) is 5.75 Å². The molecule has 0 aliphatic carbocycles. The van der Waals surface area contributed by atoms with Crippen LogP contribution in [0.1, 0.15) is 17.3 Å². The third-order valence-corrected chi connectivity index (χ3v) is 3.88. The maximum Gasteiger partial charge on any atom is 0.255 e. The molecule has 1 amide bonds. The summed E-state index contributed by atoms with van der Waals surface area (Å²) in [6.07, 6.45) is 0. The fraction of sp³-hybridized carbons (Fsp3) is 0.364. The highest BCUT2D eigenvalue weighted by molar-refractivity contribution is 9.10. The van der Waals surface area contributed by atoms with Crippen LogP contribution in [-0.4, -0.2) is 28.3 Å². The molecule has 0 saturated heterocycles. The Morgan fingerprint density at radius 2 is 2.06 bits per heavy atom. The monoisotopic (exact) mass is 339 g/mol. The second-order valence-corrected chi connectivity index (χ2v) is 5.39. The van der Waals surface area contributed by atoms with Crippen molar-refractivity contribution in [2.45, 2.75) is 12.5 Å². The fourth-order valence-corrected chi connectivity index (χ4v) is 1.91. The molecule has 0 fully saturated rings. The molecule has 0 aliphatic rings. The Morgan fingerprint density at radius 3 is 2.59 bits per heavy atom. The average Bonchev–Trinajstić information content (AvgIpc) is 2.32. The molecule has 0 spiro atoms. The van der Waals surface area contributed by atoms with E-state index in [0.29, 0.717) is 4.47 Å². The number of alkyl halides is 2. The van der Waals surface area contributed by atoms with Crippen LogP contribution in [0.15, 0.2) is 22.7 Å². The number of carbonyl (C=O) groups excluding carboxylic acids is 1. The number of amides is 1. The molecule has 0 heterocycles. The number of benzene rings is 1. The zero-order valence-corrected chi connectivity index (χ0v) is 12.2. The summed E-state index contributed by atoms with van der Waals surface area (Å²) < 4.78 is 0.707. The van der Waals surface area contributed by atoms with Crippen LogP contribution in [0.5, 0.6) is 5.75 Å². The average molecular weight is 341 g/mol. The molecule has 0 aliphatic heterocycles. The molecular weight excluding hydrogens is 329 g/mol. The zero-order chi connectivity index (χ0) is 13.1. The van der Waals surface area contributed by atoms with Gasteiger partial charge < -0.3 is 10.4 Å². The molecule has 2 N–H and O–H groups in total. The molecule has 0 bridgehead atoms. The number of aromatic hydroxyl groups is 1. The molecule has 6 heteroatoms. The summed E-state index contributed by atoms with van der Waals surface area (Å²) in [6.45, 7) is 1.74. The first-order valence-electron chi connectivity index (χ1n) is 4.85. The molecule has 17 heavy (non-hydrogen) atoms. The lowest BCUT2D eigenvalue weighted by molar-refractivity contribution is 0.0918. The first-order chi connectivity index (χ1) is 7.91. The Labute approximate surface area is 118 Å². The summed E-state index contributed by atoms with van der Waals surface area (Å²) in [5.74, 6) is -0.113. The number of carbonyl (C=O) groups is 1. The number of nitrogens with one attached hydrogen (secondary N) is 1. The van der Waals surface area contributed by atoms with E-state index in [1.54, 1.807) is 13.0 Å². The molecule has 0 unspecified atom stereocenters. The second kappa shape index (κ2) is 5.94. The number of phenolic OH excluding ortho intramolecular Hbond substituents is 1. The van der Waals surface area contributed by atoms with Gasteiger partial charge in [0.25, 0.3) is 5.91 Å². The second-order valence-electron chi connectivity index (χ2n) is 3.94. The van der Waals surface area contributed by atoms with E-state index >= 15 is 0 Å². The highest BCUT2D eigenvalue weighted by Crippen LogP contribution is 2.22. The number of phenols is 1. The van der Waals surface area contributed by atoms with E-state index in [9.17, 15) is 9.90 Å². The van der Waals surface area contributed by atoms with E-state index in [2.05, 4.69) is 21.2 Å². The first-order valence-corrected chi connectivity index (χ1v) is 6.71. The number of halogens is 3. The van der Waals surface area contributed by atoms with Gasteiger partial charge in [-0.25, -0.2) is 0 Å². The summed E-state index contributed by atoms with van der Waals surface area (Å²) >= 11 is 14.7. The smallest absolute Gasteiger partial charge is 0.255 e. The number of hydrogen-bond acceptors (Lipinski definition) is 2. The van der Waals surface area contributed by atoms with Gasteiger partial charge in [0.05, 0.1) is 11.1 Å². The Morgan fingerprint density at radius 1 is 1.47 bits per heavy atom. The van der Waals surface area contributed by atoms with Crippen molar-refractivity contribution in [1.82, 2.24) is 5.32 Å². The van der Waals surface area contributed by atoms with E-state index in [1.807, 2.05) is 0 Å². The minimum absolute atomic E-state index is 0.0859. The van der Waals surface area contributed by atoms with E-state index < -0.39 is 11.4 Å². The van der Waals surface area contributed by atoms with Crippen LogP contribution < -0.4 is 5.32 Å². The van der Waals surface area contributed by atoms with Gasteiger partial charge in [-0.1, -0.05) is 15.9 Å². The lowest BCUT2D eigenvalue weighted by Gasteiger charge is -2.26. The van der Waals surface area contributed by atoms with Crippen molar-refractivity contribution in [3.63, 3.8) is 0 Å². The molecule has 1 rings (SSSR count). The maximum atomic E-state index is 11.9. The zero-order valence-electron chi connectivity index (χ0n) is 9.14. The van der Waals surface area contributed by atoms with Gasteiger partial charge >= 0.3 is 0 Å². The lowest BCUT2D eigenvalue weighted by Crippen LogP contribution is -2.49. The van der Waals surface area contributed by atoms with Crippen LogP contribution in [-0.2, 0) is 0 Å². The van der Waals surface area contributed by atoms with Crippen molar-refractivity contribution in [3.8, 4) is 5.75 Å². The molecule has 94 valence electrons. The van der Waals surface area contributed by atoms with E-state index in [0.717, 1.165) is 0 Å². The highest BCUT2D eigenvalue weighted by atomic mass is 79.9. The SMILES string of the molecule is CC(CCl)(CCl)NC(=O)c1cc(Br)ccc1O. The van der Waals surface area contributed by atoms with Crippen molar-refractivity contribution >= 4 is 45.0 Å². The molecule has 0 radical (unpaired) electrons. The molecule has 0 atom stereocenters. The van der Waals surface area contributed by atoms with Gasteiger partial charge in [-0.05, 0) is 25.1 Å². The summed E-state index contributed by atoms with van der Waals surface area (Å²) in [7, 11) is 0. The van der Waals surface area contributed by atoms with Gasteiger partial charge in [-0.3, -0.25) is 4.79 Å². The van der Waals surface area contributed by atoms with Crippen molar-refractivity contribution in [3.05, 3.63) is 28.2 Å². The van der Waals surface area contributed by atoms with Crippen LogP contribution in [0.25, 0.3) is 0 Å². The summed E-state index contributed by atoms with van der Waals surface area (Å²) in [5, 5.41) is 12.3. The molecule has 1 aromatic carbocycles. The quantitative estimate of drug-likeness (QED) is 0.827. The Hall–Kier alpha value is -0.450. The standard InChI is InChI=1S/C11H12BrCl2NO2/c1-11(5-13,6-14)15-10(17)8-4-7(12)2-3-9(8)16/h2-4,16H,5-6H2,1H3,(H,15,17). The molecule has 0 aromatic heterocycles. The fourth-order valence-electron chi connectivity index (χ4n) is 1.13. The van der Waals surface area contributed by atoms with Gasteiger partial charge in [0, 0.05) is 16.2 Å². The largest absolute Gasteiger partial charge is 0.507 e. The van der Waals surface area contributed by atoms with Gasteiger partial charge in [-0.15, -0.1) is 23.2 Å². The van der Waals surface area contributed by atoms with Crippen LogP contribution in [0, 0.1) is 0 Å². The third kappa shape index (κ3) is 3.76. The summed E-state index contributed by atoms with van der Waals surface area (Å²) in [4.78, 5) is 11.9. The third-order valence-electron chi connectivity index (χ3n) is 2.21. The Bertz CT molecular complexity index is 422. The van der Waals surface area contributed by atoms with Gasteiger partial charge in [0.2, 0.25) is 0 Å². The Kier molecular flexibility index (Phi) is 5.10. The topological polar surface area (TPSA) is 49.3 Å². The van der Waals surface area contributed by atoms with Crippen LogP contribution >= 0.6 is 39.1 Å². The minimum atomic E-state index is -0.699. The van der Waals surface area contributed by atoms with Crippen molar-refractivity contribution in [1.29, 1.82) is 0 Å². The Balaban J connectivity index is 2.94. The van der Waals surface area contributed by atoms with Gasteiger partial charge in [-0.2, -0.15) is 0 Å². The predicted molar refractivity (Wildman–Crippen MR) is 73.1 cm³/mol. The minimum Gasteiger partial charge on any atom is -0.507 e. The molecule has 0 saturated carbocycles. The van der Waals surface area contributed by atoms with E-state index in [4.69, 9.17) is 23.2 Å². The molecular formula is C11H12BrCl2NO2. The summed E-state index contributed by atoms with van der Waals surface area (Å²) in [5.41, 5.74) is -0.518. The maximum absolute atomic E-state index is 11.9. The summed E-state index contributed by atoms with van der Waals surface area (Å²) in [6, 6.07) is 4.62. The van der Waals surface area contributed by atoms with Crippen LogP contribution in [0.4, 0.5) is 0 Å². The van der Waals surface area contributed by atoms with Crippen LogP contribution in [0.2, 0.25) is 0 Å².